The van der Waals surface area contributed by atoms with Gasteiger partial charge in [-0.1, -0.05) is 30.3 Å². The predicted octanol–water partition coefficient (Wildman–Crippen LogP) is 0.802. The number of primary amides is 1. The van der Waals surface area contributed by atoms with Crippen molar-refractivity contribution < 1.29 is 4.79 Å². The summed E-state index contributed by atoms with van der Waals surface area (Å²) < 4.78 is 0. The van der Waals surface area contributed by atoms with Gasteiger partial charge < -0.3 is 16.4 Å². The van der Waals surface area contributed by atoms with Gasteiger partial charge >= 0.3 is 0 Å². The van der Waals surface area contributed by atoms with E-state index in [1.165, 1.54) is 5.56 Å². The molecule has 2 aliphatic rings. The molecule has 2 unspecified atom stereocenters. The van der Waals surface area contributed by atoms with Crippen molar-refractivity contribution in [2.75, 3.05) is 19.6 Å². The van der Waals surface area contributed by atoms with Gasteiger partial charge in [0.2, 0.25) is 5.91 Å². The van der Waals surface area contributed by atoms with Gasteiger partial charge in [-0.05, 0) is 31.5 Å². The molecular weight excluding hydrogens is 238 g/mol. The fourth-order valence-electron chi connectivity index (χ4n) is 3.85. The highest BCUT2D eigenvalue weighted by atomic mass is 16.1. The lowest BCUT2D eigenvalue weighted by Crippen LogP contribution is -2.46. The Bertz CT molecular complexity index is 454. The summed E-state index contributed by atoms with van der Waals surface area (Å²) in [6, 6.07) is 10.7. The minimum absolute atomic E-state index is 0.0154. The number of amides is 1. The van der Waals surface area contributed by atoms with Crippen LogP contribution in [0.1, 0.15) is 24.4 Å². The standard InChI is InChI=1S/C15H21N3O/c16-14(19)12-10-18-13(11-4-2-1-3-5-11)15(12)6-8-17-9-7-15/h1-5,12-13,17-18H,6-10H2,(H2,16,19). The summed E-state index contributed by atoms with van der Waals surface area (Å²) in [4.78, 5) is 11.8. The maximum absolute atomic E-state index is 11.8. The van der Waals surface area contributed by atoms with Gasteiger partial charge in [-0.25, -0.2) is 0 Å². The largest absolute Gasteiger partial charge is 0.369 e. The lowest BCUT2D eigenvalue weighted by Gasteiger charge is -2.42. The summed E-state index contributed by atoms with van der Waals surface area (Å²) in [5.41, 5.74) is 6.90. The van der Waals surface area contributed by atoms with Crippen molar-refractivity contribution in [1.82, 2.24) is 10.6 Å². The molecule has 102 valence electrons. The van der Waals surface area contributed by atoms with Gasteiger partial charge in [-0.2, -0.15) is 0 Å². The molecule has 4 N–H and O–H groups in total. The summed E-state index contributed by atoms with van der Waals surface area (Å²) in [5.74, 6) is -0.215. The number of hydrogen-bond donors (Lipinski definition) is 3. The number of carbonyl (C=O) groups excluding carboxylic acids is 1. The highest BCUT2D eigenvalue weighted by Gasteiger charge is 2.52. The van der Waals surface area contributed by atoms with Crippen molar-refractivity contribution in [2.24, 2.45) is 17.1 Å². The van der Waals surface area contributed by atoms with E-state index in [1.807, 2.05) is 6.07 Å². The molecule has 0 saturated carbocycles. The summed E-state index contributed by atoms with van der Waals surface area (Å²) in [6.07, 6.45) is 2.01. The van der Waals surface area contributed by atoms with Crippen LogP contribution < -0.4 is 16.4 Å². The molecule has 1 aromatic rings. The molecule has 2 heterocycles. The minimum atomic E-state index is -0.159. The number of hydrogen-bond acceptors (Lipinski definition) is 3. The first-order chi connectivity index (χ1) is 9.24. The van der Waals surface area contributed by atoms with Crippen LogP contribution in [0.3, 0.4) is 0 Å². The molecule has 19 heavy (non-hydrogen) atoms. The molecule has 0 bridgehead atoms. The highest BCUT2D eigenvalue weighted by Crippen LogP contribution is 2.51. The smallest absolute Gasteiger partial charge is 0.222 e. The Kier molecular flexibility index (Phi) is 3.29. The second kappa shape index (κ2) is 4.94. The van der Waals surface area contributed by atoms with Crippen molar-refractivity contribution in [3.63, 3.8) is 0 Å². The normalized spacial score (nSPS) is 29.5. The second-order valence-electron chi connectivity index (χ2n) is 5.69. The van der Waals surface area contributed by atoms with Gasteiger partial charge in [0.05, 0.1) is 5.92 Å². The number of piperidine rings is 1. The van der Waals surface area contributed by atoms with E-state index in [9.17, 15) is 4.79 Å². The molecule has 0 radical (unpaired) electrons. The van der Waals surface area contributed by atoms with Crippen LogP contribution in [0, 0.1) is 11.3 Å². The molecular formula is C15H21N3O. The molecule has 0 aliphatic carbocycles. The summed E-state index contributed by atoms with van der Waals surface area (Å²) in [5, 5.41) is 6.92. The molecule has 2 atom stereocenters. The highest BCUT2D eigenvalue weighted by molar-refractivity contribution is 5.78. The topological polar surface area (TPSA) is 67.2 Å². The minimum Gasteiger partial charge on any atom is -0.369 e. The van der Waals surface area contributed by atoms with Gasteiger partial charge in [0.1, 0.15) is 0 Å². The predicted molar refractivity (Wildman–Crippen MR) is 74.4 cm³/mol. The van der Waals surface area contributed by atoms with Gasteiger partial charge in [-0.3, -0.25) is 4.79 Å². The summed E-state index contributed by atoms with van der Waals surface area (Å²) >= 11 is 0. The first-order valence-corrected chi connectivity index (χ1v) is 7.02. The number of benzene rings is 1. The maximum atomic E-state index is 11.8. The Balaban J connectivity index is 1.97. The quantitative estimate of drug-likeness (QED) is 0.736. The number of nitrogens with two attached hydrogens (primary N) is 1. The van der Waals surface area contributed by atoms with Crippen LogP contribution in [0.4, 0.5) is 0 Å². The molecule has 1 spiro atoms. The average molecular weight is 259 g/mol. The first kappa shape index (κ1) is 12.6. The molecule has 3 rings (SSSR count). The van der Waals surface area contributed by atoms with E-state index in [4.69, 9.17) is 5.73 Å². The van der Waals surface area contributed by atoms with Crippen LogP contribution in [-0.2, 0) is 4.79 Å². The zero-order chi connectivity index (χ0) is 13.3. The van der Waals surface area contributed by atoms with Crippen molar-refractivity contribution in [3.8, 4) is 0 Å². The molecule has 2 saturated heterocycles. The SMILES string of the molecule is NC(=O)C1CNC(c2ccccc2)C12CCNCC2. The number of carbonyl (C=O) groups is 1. The molecule has 4 nitrogen and oxygen atoms in total. The van der Waals surface area contributed by atoms with Crippen LogP contribution >= 0.6 is 0 Å². The second-order valence-corrected chi connectivity index (χ2v) is 5.69. The summed E-state index contributed by atoms with van der Waals surface area (Å²) in [7, 11) is 0. The zero-order valence-corrected chi connectivity index (χ0v) is 11.1. The average Bonchev–Trinajstić information content (AvgIpc) is 2.79. The number of nitrogens with one attached hydrogen (secondary N) is 2. The third-order valence-corrected chi connectivity index (χ3v) is 4.81. The van der Waals surface area contributed by atoms with Crippen molar-refractivity contribution in [1.29, 1.82) is 0 Å². The third kappa shape index (κ3) is 2.05. The van der Waals surface area contributed by atoms with Crippen molar-refractivity contribution >= 4 is 5.91 Å². The van der Waals surface area contributed by atoms with E-state index in [1.54, 1.807) is 0 Å². The van der Waals surface area contributed by atoms with Crippen LogP contribution in [0.2, 0.25) is 0 Å². The molecule has 1 amide bonds. The fraction of sp³-hybridized carbons (Fsp3) is 0.533. The molecule has 0 aromatic heterocycles. The van der Waals surface area contributed by atoms with Crippen LogP contribution in [-0.4, -0.2) is 25.5 Å². The monoisotopic (exact) mass is 259 g/mol. The molecule has 2 fully saturated rings. The van der Waals surface area contributed by atoms with E-state index in [2.05, 4.69) is 34.9 Å². The lowest BCUT2D eigenvalue weighted by molar-refractivity contribution is -0.125. The summed E-state index contributed by atoms with van der Waals surface area (Å²) in [6.45, 7) is 2.64. The van der Waals surface area contributed by atoms with Gasteiger partial charge in [0, 0.05) is 18.0 Å². The van der Waals surface area contributed by atoms with Crippen molar-refractivity contribution in [2.45, 2.75) is 18.9 Å². The Hall–Kier alpha value is -1.39. The van der Waals surface area contributed by atoms with Crippen LogP contribution in [0.5, 0.6) is 0 Å². The Morgan fingerprint density at radius 1 is 1.21 bits per heavy atom. The molecule has 1 aromatic carbocycles. The number of rotatable bonds is 2. The van der Waals surface area contributed by atoms with Gasteiger partial charge in [0.15, 0.2) is 0 Å². The Labute approximate surface area is 113 Å². The van der Waals surface area contributed by atoms with E-state index in [0.29, 0.717) is 6.54 Å². The fourth-order valence-corrected chi connectivity index (χ4v) is 3.85. The van der Waals surface area contributed by atoms with Crippen LogP contribution in [0.15, 0.2) is 30.3 Å². The third-order valence-electron chi connectivity index (χ3n) is 4.81. The lowest BCUT2D eigenvalue weighted by atomic mass is 9.65. The van der Waals surface area contributed by atoms with Gasteiger partial charge in [-0.15, -0.1) is 0 Å². The van der Waals surface area contributed by atoms with E-state index in [-0.39, 0.29) is 23.3 Å². The van der Waals surface area contributed by atoms with E-state index in [0.717, 1.165) is 25.9 Å². The van der Waals surface area contributed by atoms with E-state index >= 15 is 0 Å². The van der Waals surface area contributed by atoms with Crippen molar-refractivity contribution in [3.05, 3.63) is 35.9 Å². The first-order valence-electron chi connectivity index (χ1n) is 7.02. The Morgan fingerprint density at radius 2 is 1.89 bits per heavy atom. The van der Waals surface area contributed by atoms with Gasteiger partial charge in [0.25, 0.3) is 0 Å². The molecule has 4 heteroatoms. The Morgan fingerprint density at radius 3 is 2.53 bits per heavy atom. The van der Waals surface area contributed by atoms with Crippen LogP contribution in [0.25, 0.3) is 0 Å². The molecule has 2 aliphatic heterocycles. The zero-order valence-electron chi connectivity index (χ0n) is 11.1. The van der Waals surface area contributed by atoms with E-state index < -0.39 is 0 Å². The maximum Gasteiger partial charge on any atom is 0.222 e.